The highest BCUT2D eigenvalue weighted by atomic mass is 15.0. The minimum absolute atomic E-state index is 0.110. The molecule has 0 amide bonds. The lowest BCUT2D eigenvalue weighted by Gasteiger charge is -2.04. The minimum atomic E-state index is 0.110. The molecule has 0 aromatic heterocycles. The van der Waals surface area contributed by atoms with E-state index in [1.165, 1.54) is 25.7 Å². The first-order chi connectivity index (χ1) is 6.22. The molecule has 4 N–H and O–H groups in total. The highest BCUT2D eigenvalue weighted by Crippen LogP contribution is 2.21. The molecule has 1 aliphatic rings. The van der Waals surface area contributed by atoms with Crippen molar-refractivity contribution in [1.29, 1.82) is 0 Å². The SMILES string of the molecule is CCC(N=C(N)N)=NC1CCCC1. The van der Waals surface area contributed by atoms with E-state index in [1.807, 2.05) is 6.92 Å². The molecule has 0 atom stereocenters. The predicted octanol–water partition coefficient (Wildman–Crippen LogP) is 1.01. The average molecular weight is 182 g/mol. The zero-order valence-electron chi connectivity index (χ0n) is 8.16. The number of hydrogen-bond acceptors (Lipinski definition) is 1. The Morgan fingerprint density at radius 1 is 1.31 bits per heavy atom. The molecule has 4 nitrogen and oxygen atoms in total. The normalized spacial score (nSPS) is 19.0. The molecular weight excluding hydrogens is 164 g/mol. The fourth-order valence-corrected chi connectivity index (χ4v) is 1.59. The predicted molar refractivity (Wildman–Crippen MR) is 55.8 cm³/mol. The molecule has 0 heterocycles. The summed E-state index contributed by atoms with van der Waals surface area (Å²) in [6, 6.07) is 0.457. The molecule has 0 saturated heterocycles. The molecule has 0 aliphatic heterocycles. The van der Waals surface area contributed by atoms with Crippen molar-refractivity contribution in [3.05, 3.63) is 0 Å². The molecule has 13 heavy (non-hydrogen) atoms. The van der Waals surface area contributed by atoms with Gasteiger partial charge in [0.1, 0.15) is 5.84 Å². The molecule has 0 aromatic rings. The molecular formula is C9H18N4. The third kappa shape index (κ3) is 3.44. The lowest BCUT2D eigenvalue weighted by Crippen LogP contribution is -2.24. The first-order valence-corrected chi connectivity index (χ1v) is 4.88. The summed E-state index contributed by atoms with van der Waals surface area (Å²) in [6.07, 6.45) is 5.74. The van der Waals surface area contributed by atoms with E-state index in [2.05, 4.69) is 9.98 Å². The minimum Gasteiger partial charge on any atom is -0.370 e. The Morgan fingerprint density at radius 2 is 1.92 bits per heavy atom. The zero-order chi connectivity index (χ0) is 9.68. The molecule has 1 rings (SSSR count). The quantitative estimate of drug-likeness (QED) is 0.494. The van der Waals surface area contributed by atoms with Crippen LogP contribution in [0.15, 0.2) is 9.98 Å². The second-order valence-corrected chi connectivity index (χ2v) is 3.37. The Balaban J connectivity index is 2.58. The number of amidine groups is 1. The third-order valence-corrected chi connectivity index (χ3v) is 2.23. The Labute approximate surface area is 79.1 Å². The topological polar surface area (TPSA) is 76.8 Å². The van der Waals surface area contributed by atoms with E-state index in [1.54, 1.807) is 0 Å². The zero-order valence-corrected chi connectivity index (χ0v) is 8.16. The second-order valence-electron chi connectivity index (χ2n) is 3.37. The van der Waals surface area contributed by atoms with E-state index >= 15 is 0 Å². The van der Waals surface area contributed by atoms with Crippen molar-refractivity contribution in [2.24, 2.45) is 21.5 Å². The van der Waals surface area contributed by atoms with Crippen molar-refractivity contribution >= 4 is 11.8 Å². The maximum absolute atomic E-state index is 5.29. The van der Waals surface area contributed by atoms with Gasteiger partial charge in [0, 0.05) is 6.42 Å². The van der Waals surface area contributed by atoms with E-state index < -0.39 is 0 Å². The van der Waals surface area contributed by atoms with Crippen molar-refractivity contribution in [3.63, 3.8) is 0 Å². The molecule has 0 bridgehead atoms. The van der Waals surface area contributed by atoms with Crippen molar-refractivity contribution < 1.29 is 0 Å². The Morgan fingerprint density at radius 3 is 2.38 bits per heavy atom. The van der Waals surface area contributed by atoms with Gasteiger partial charge in [-0.15, -0.1) is 0 Å². The number of hydrogen-bond donors (Lipinski definition) is 2. The van der Waals surface area contributed by atoms with Crippen molar-refractivity contribution in [2.75, 3.05) is 0 Å². The number of guanidine groups is 1. The summed E-state index contributed by atoms with van der Waals surface area (Å²) in [5.74, 6) is 0.894. The van der Waals surface area contributed by atoms with E-state index in [4.69, 9.17) is 11.5 Å². The number of rotatable bonds is 2. The number of nitrogens with zero attached hydrogens (tertiary/aromatic N) is 2. The molecule has 1 fully saturated rings. The van der Waals surface area contributed by atoms with Crippen molar-refractivity contribution in [1.82, 2.24) is 0 Å². The average Bonchev–Trinajstić information content (AvgIpc) is 2.55. The molecule has 1 saturated carbocycles. The van der Waals surface area contributed by atoms with Crippen LogP contribution in [0.2, 0.25) is 0 Å². The maximum Gasteiger partial charge on any atom is 0.192 e. The van der Waals surface area contributed by atoms with E-state index in [0.717, 1.165) is 12.3 Å². The standard InChI is InChI=1S/C9H18N4/c1-2-8(13-9(10)11)12-7-5-3-4-6-7/h7H,2-6H2,1H3,(H4,10,11,12,13). The van der Waals surface area contributed by atoms with Crippen LogP contribution >= 0.6 is 0 Å². The first-order valence-electron chi connectivity index (χ1n) is 4.88. The summed E-state index contributed by atoms with van der Waals surface area (Å²) in [4.78, 5) is 8.48. The van der Waals surface area contributed by atoms with Crippen LogP contribution in [0.3, 0.4) is 0 Å². The highest BCUT2D eigenvalue weighted by Gasteiger charge is 2.13. The van der Waals surface area contributed by atoms with Crippen LogP contribution < -0.4 is 11.5 Å². The number of aliphatic imine (C=N–C) groups is 2. The largest absolute Gasteiger partial charge is 0.370 e. The summed E-state index contributed by atoms with van der Waals surface area (Å²) >= 11 is 0. The van der Waals surface area contributed by atoms with Gasteiger partial charge in [0.25, 0.3) is 0 Å². The van der Waals surface area contributed by atoms with Gasteiger partial charge < -0.3 is 11.5 Å². The fraction of sp³-hybridized carbons (Fsp3) is 0.778. The van der Waals surface area contributed by atoms with Crippen LogP contribution in [-0.2, 0) is 0 Å². The van der Waals surface area contributed by atoms with Gasteiger partial charge in [-0.25, -0.2) is 4.99 Å². The van der Waals surface area contributed by atoms with Gasteiger partial charge in [0.05, 0.1) is 6.04 Å². The molecule has 4 heteroatoms. The smallest absolute Gasteiger partial charge is 0.192 e. The van der Waals surface area contributed by atoms with Gasteiger partial charge >= 0.3 is 0 Å². The van der Waals surface area contributed by atoms with Crippen LogP contribution in [0.5, 0.6) is 0 Å². The molecule has 0 aromatic carbocycles. The Bertz CT molecular complexity index is 210. The summed E-state index contributed by atoms with van der Waals surface area (Å²) < 4.78 is 0. The molecule has 0 radical (unpaired) electrons. The van der Waals surface area contributed by atoms with Gasteiger partial charge in [-0.3, -0.25) is 4.99 Å². The van der Waals surface area contributed by atoms with E-state index in [-0.39, 0.29) is 5.96 Å². The van der Waals surface area contributed by atoms with Crippen LogP contribution in [-0.4, -0.2) is 17.8 Å². The van der Waals surface area contributed by atoms with E-state index in [9.17, 15) is 0 Å². The monoisotopic (exact) mass is 182 g/mol. The van der Waals surface area contributed by atoms with Crippen LogP contribution in [0.1, 0.15) is 39.0 Å². The van der Waals surface area contributed by atoms with Crippen molar-refractivity contribution in [3.8, 4) is 0 Å². The van der Waals surface area contributed by atoms with Crippen LogP contribution in [0.4, 0.5) is 0 Å². The molecule has 74 valence electrons. The molecule has 1 aliphatic carbocycles. The van der Waals surface area contributed by atoms with Gasteiger partial charge in [0.2, 0.25) is 0 Å². The molecule has 0 spiro atoms. The van der Waals surface area contributed by atoms with Gasteiger partial charge in [-0.05, 0) is 12.8 Å². The highest BCUT2D eigenvalue weighted by molar-refractivity contribution is 5.94. The summed E-state index contributed by atoms with van der Waals surface area (Å²) in [5, 5.41) is 0. The van der Waals surface area contributed by atoms with Crippen molar-refractivity contribution in [2.45, 2.75) is 45.1 Å². The van der Waals surface area contributed by atoms with Gasteiger partial charge in [-0.2, -0.15) is 0 Å². The lowest BCUT2D eigenvalue weighted by molar-refractivity contribution is 0.703. The van der Waals surface area contributed by atoms with E-state index in [0.29, 0.717) is 6.04 Å². The van der Waals surface area contributed by atoms with Gasteiger partial charge in [0.15, 0.2) is 5.96 Å². The summed E-state index contributed by atoms with van der Waals surface area (Å²) in [6.45, 7) is 2.01. The van der Waals surface area contributed by atoms with Gasteiger partial charge in [-0.1, -0.05) is 19.8 Å². The van der Waals surface area contributed by atoms with Crippen LogP contribution in [0, 0.1) is 0 Å². The maximum atomic E-state index is 5.29. The third-order valence-electron chi connectivity index (χ3n) is 2.23. The lowest BCUT2D eigenvalue weighted by atomic mass is 10.2. The molecule has 0 unspecified atom stereocenters. The number of nitrogens with two attached hydrogens (primary N) is 2. The summed E-state index contributed by atoms with van der Waals surface area (Å²) in [5.41, 5.74) is 10.6. The van der Waals surface area contributed by atoms with Crippen LogP contribution in [0.25, 0.3) is 0 Å². The Hall–Kier alpha value is -1.06. The Kier molecular flexibility index (Phi) is 3.73. The fourth-order valence-electron chi connectivity index (χ4n) is 1.59. The second kappa shape index (κ2) is 4.84. The first kappa shape index (κ1) is 10.0. The summed E-state index contributed by atoms with van der Waals surface area (Å²) in [7, 11) is 0.